The second-order valence-corrected chi connectivity index (χ2v) is 5.54. The molecule has 3 rings (SSSR count). The number of aliphatic hydroxyl groups excluding tert-OH is 1. The number of imidazole rings is 1. The monoisotopic (exact) mass is 290 g/mol. The van der Waals surface area contributed by atoms with Gasteiger partial charge in [0.15, 0.2) is 11.5 Å². The molecule has 0 saturated carbocycles. The van der Waals surface area contributed by atoms with Crippen LogP contribution in [0.5, 0.6) is 0 Å². The highest BCUT2D eigenvalue weighted by Crippen LogP contribution is 2.27. The lowest BCUT2D eigenvalue weighted by Gasteiger charge is -2.32. The van der Waals surface area contributed by atoms with E-state index in [0.29, 0.717) is 17.5 Å². The Balaban J connectivity index is 1.93. The molecule has 114 valence electrons. The fourth-order valence-electron chi connectivity index (χ4n) is 2.77. The molecule has 0 aliphatic carbocycles. The molecule has 1 aliphatic rings. The first kappa shape index (κ1) is 14.1. The predicted molar refractivity (Wildman–Crippen MR) is 82.5 cm³/mol. The lowest BCUT2D eigenvalue weighted by Crippen LogP contribution is -2.37. The Kier molecular flexibility index (Phi) is 4.19. The van der Waals surface area contributed by atoms with E-state index in [1.54, 1.807) is 6.33 Å². The zero-order chi connectivity index (χ0) is 14.7. The fourth-order valence-corrected chi connectivity index (χ4v) is 2.77. The normalized spacial score (nSPS) is 19.1. The van der Waals surface area contributed by atoms with Crippen LogP contribution < -0.4 is 10.2 Å². The summed E-state index contributed by atoms with van der Waals surface area (Å²) in [7, 11) is 0. The van der Waals surface area contributed by atoms with E-state index in [4.69, 9.17) is 0 Å². The number of nitrogens with one attached hydrogen (secondary N) is 2. The number of nitrogens with zero attached hydrogens (tertiary/aromatic N) is 4. The zero-order valence-electron chi connectivity index (χ0n) is 12.3. The molecule has 7 heteroatoms. The summed E-state index contributed by atoms with van der Waals surface area (Å²) in [6, 6.07) is 0. The summed E-state index contributed by atoms with van der Waals surface area (Å²) in [4.78, 5) is 18.7. The average molecular weight is 290 g/mol. The number of anilines is 2. The van der Waals surface area contributed by atoms with Crippen molar-refractivity contribution in [2.45, 2.75) is 26.2 Å². The number of hydrogen-bond donors (Lipinski definition) is 3. The zero-order valence-corrected chi connectivity index (χ0v) is 12.3. The van der Waals surface area contributed by atoms with Crippen LogP contribution in [0.15, 0.2) is 6.33 Å². The highest BCUT2D eigenvalue weighted by molar-refractivity contribution is 5.84. The predicted octanol–water partition coefficient (Wildman–Crippen LogP) is 1.38. The summed E-state index contributed by atoms with van der Waals surface area (Å²) >= 11 is 0. The van der Waals surface area contributed by atoms with Crippen LogP contribution in [-0.4, -0.2) is 51.3 Å². The third-order valence-electron chi connectivity index (χ3n) is 3.88. The molecule has 0 amide bonds. The minimum Gasteiger partial charge on any atom is -0.396 e. The molecule has 0 aromatic carbocycles. The molecule has 1 atom stereocenters. The molecule has 2 aromatic heterocycles. The number of aliphatic hydroxyl groups is 1. The van der Waals surface area contributed by atoms with Gasteiger partial charge in [0.05, 0.1) is 6.33 Å². The molecule has 0 spiro atoms. The van der Waals surface area contributed by atoms with Crippen molar-refractivity contribution >= 4 is 22.9 Å². The number of fused-ring (bicyclic) bond motifs is 1. The van der Waals surface area contributed by atoms with Gasteiger partial charge in [-0.2, -0.15) is 9.97 Å². The number of aromatic amines is 1. The van der Waals surface area contributed by atoms with Crippen molar-refractivity contribution in [2.75, 3.05) is 36.5 Å². The first-order valence-electron chi connectivity index (χ1n) is 7.62. The van der Waals surface area contributed by atoms with Gasteiger partial charge in [-0.1, -0.05) is 6.92 Å². The van der Waals surface area contributed by atoms with Gasteiger partial charge < -0.3 is 20.3 Å². The van der Waals surface area contributed by atoms with Gasteiger partial charge in [-0.05, 0) is 25.2 Å². The van der Waals surface area contributed by atoms with Crippen LogP contribution in [0.2, 0.25) is 0 Å². The topological polar surface area (TPSA) is 90.0 Å². The van der Waals surface area contributed by atoms with E-state index in [-0.39, 0.29) is 6.61 Å². The molecule has 1 aliphatic heterocycles. The van der Waals surface area contributed by atoms with Crippen molar-refractivity contribution in [1.82, 2.24) is 19.9 Å². The molecule has 0 radical (unpaired) electrons. The molecule has 21 heavy (non-hydrogen) atoms. The Morgan fingerprint density at radius 3 is 3.19 bits per heavy atom. The maximum absolute atomic E-state index is 9.41. The third kappa shape index (κ3) is 2.92. The van der Waals surface area contributed by atoms with Crippen LogP contribution in [-0.2, 0) is 0 Å². The maximum atomic E-state index is 9.41. The molecule has 2 aromatic rings. The Morgan fingerprint density at radius 2 is 2.38 bits per heavy atom. The Morgan fingerprint density at radius 1 is 1.48 bits per heavy atom. The van der Waals surface area contributed by atoms with Crippen LogP contribution in [0, 0.1) is 5.92 Å². The lowest BCUT2D eigenvalue weighted by atomic mass is 9.99. The molecule has 7 nitrogen and oxygen atoms in total. The van der Waals surface area contributed by atoms with Crippen LogP contribution in [0.3, 0.4) is 0 Å². The van der Waals surface area contributed by atoms with Gasteiger partial charge >= 0.3 is 0 Å². The fraction of sp³-hybridized carbons (Fsp3) is 0.643. The molecule has 0 bridgehead atoms. The van der Waals surface area contributed by atoms with Crippen molar-refractivity contribution < 1.29 is 5.11 Å². The van der Waals surface area contributed by atoms with E-state index in [1.165, 1.54) is 0 Å². The van der Waals surface area contributed by atoms with Gasteiger partial charge in [0, 0.05) is 26.2 Å². The quantitative estimate of drug-likeness (QED) is 0.771. The van der Waals surface area contributed by atoms with E-state index >= 15 is 0 Å². The van der Waals surface area contributed by atoms with Crippen molar-refractivity contribution in [3.05, 3.63) is 6.33 Å². The lowest BCUT2D eigenvalue weighted by molar-refractivity contribution is 0.208. The van der Waals surface area contributed by atoms with Gasteiger partial charge in [-0.15, -0.1) is 0 Å². The van der Waals surface area contributed by atoms with Gasteiger partial charge in [-0.25, -0.2) is 4.98 Å². The van der Waals surface area contributed by atoms with Crippen molar-refractivity contribution in [1.29, 1.82) is 0 Å². The first-order valence-corrected chi connectivity index (χ1v) is 7.62. The van der Waals surface area contributed by atoms with E-state index in [1.807, 2.05) is 0 Å². The van der Waals surface area contributed by atoms with Gasteiger partial charge in [0.1, 0.15) is 5.52 Å². The minimum atomic E-state index is 0.231. The summed E-state index contributed by atoms with van der Waals surface area (Å²) < 4.78 is 0. The molecule has 3 N–H and O–H groups in total. The summed E-state index contributed by atoms with van der Waals surface area (Å²) in [6.07, 6.45) is 4.82. The van der Waals surface area contributed by atoms with Crippen LogP contribution in [0.25, 0.3) is 11.2 Å². The largest absolute Gasteiger partial charge is 0.396 e. The summed E-state index contributed by atoms with van der Waals surface area (Å²) in [5.41, 5.74) is 1.56. The standard InChI is InChI=1S/C14H22N6O/c1-2-5-15-14-18-12-11(16-9-17-12)13(19-14)20-6-3-4-10(7-20)8-21/h9-10,21H,2-8H2,1H3,(H2,15,16,17,18,19). The number of H-pyrrole nitrogens is 1. The van der Waals surface area contributed by atoms with Gasteiger partial charge in [0.2, 0.25) is 5.95 Å². The van der Waals surface area contributed by atoms with Crippen molar-refractivity contribution in [3.8, 4) is 0 Å². The molecule has 1 unspecified atom stereocenters. The molecular formula is C14H22N6O. The second-order valence-electron chi connectivity index (χ2n) is 5.54. The Hall–Kier alpha value is -1.89. The number of hydrogen-bond acceptors (Lipinski definition) is 6. The number of aromatic nitrogens is 4. The number of rotatable bonds is 5. The smallest absolute Gasteiger partial charge is 0.226 e. The van der Waals surface area contributed by atoms with E-state index < -0.39 is 0 Å². The molecule has 1 saturated heterocycles. The van der Waals surface area contributed by atoms with Crippen LogP contribution in [0.1, 0.15) is 26.2 Å². The second kappa shape index (κ2) is 6.26. The Bertz CT molecular complexity index is 598. The average Bonchev–Trinajstić information content (AvgIpc) is 3.00. The van der Waals surface area contributed by atoms with Crippen molar-refractivity contribution in [3.63, 3.8) is 0 Å². The van der Waals surface area contributed by atoms with Crippen molar-refractivity contribution in [2.24, 2.45) is 5.92 Å². The van der Waals surface area contributed by atoms with Gasteiger partial charge in [0.25, 0.3) is 0 Å². The van der Waals surface area contributed by atoms with E-state index in [9.17, 15) is 5.11 Å². The SMILES string of the molecule is CCCNc1nc(N2CCCC(CO)C2)c2[nH]cnc2n1. The maximum Gasteiger partial charge on any atom is 0.226 e. The number of piperidine rings is 1. The Labute approximate surface area is 123 Å². The highest BCUT2D eigenvalue weighted by atomic mass is 16.3. The molecule has 3 heterocycles. The van der Waals surface area contributed by atoms with Crippen LogP contribution >= 0.6 is 0 Å². The van der Waals surface area contributed by atoms with E-state index in [2.05, 4.69) is 37.1 Å². The summed E-state index contributed by atoms with van der Waals surface area (Å²) in [5, 5.41) is 12.6. The molecule has 1 fully saturated rings. The third-order valence-corrected chi connectivity index (χ3v) is 3.88. The molecular weight excluding hydrogens is 268 g/mol. The van der Waals surface area contributed by atoms with Gasteiger partial charge in [-0.3, -0.25) is 0 Å². The minimum absolute atomic E-state index is 0.231. The highest BCUT2D eigenvalue weighted by Gasteiger charge is 2.23. The van der Waals surface area contributed by atoms with Crippen LogP contribution in [0.4, 0.5) is 11.8 Å². The summed E-state index contributed by atoms with van der Waals surface area (Å²) in [5.74, 6) is 1.82. The summed E-state index contributed by atoms with van der Waals surface area (Å²) in [6.45, 7) is 4.96. The van der Waals surface area contributed by atoms with E-state index in [0.717, 1.165) is 50.2 Å². The first-order chi connectivity index (χ1) is 10.3.